The molecule has 7 nitrogen and oxygen atoms in total. The van der Waals surface area contributed by atoms with Crippen LogP contribution in [-0.4, -0.2) is 32.2 Å². The van der Waals surface area contributed by atoms with Crippen LogP contribution in [0.2, 0.25) is 5.02 Å². The van der Waals surface area contributed by atoms with Gasteiger partial charge in [0.25, 0.3) is 0 Å². The summed E-state index contributed by atoms with van der Waals surface area (Å²) in [5.74, 6) is -1.36. The Morgan fingerprint density at radius 3 is 2.71 bits per heavy atom. The average molecular weight is 520 g/mol. The number of carbonyl (C=O) groups excluding carboxylic acids is 2. The molecule has 148 valence electrons. The maximum atomic E-state index is 13.9. The van der Waals surface area contributed by atoms with Crippen molar-refractivity contribution in [1.82, 2.24) is 10.7 Å². The molecule has 2 rings (SSSR count). The molecule has 0 saturated carbocycles. The molecule has 2 aromatic carbocycles. The summed E-state index contributed by atoms with van der Waals surface area (Å²) < 4.78 is 25.6. The van der Waals surface area contributed by atoms with Gasteiger partial charge in [0, 0.05) is 12.6 Å². The van der Waals surface area contributed by atoms with Gasteiger partial charge in [-0.05, 0) is 52.4 Å². The summed E-state index contributed by atoms with van der Waals surface area (Å²) in [4.78, 5) is 22.5. The Labute approximate surface area is 179 Å². The fourth-order valence-corrected chi connectivity index (χ4v) is 3.10. The van der Waals surface area contributed by atoms with Crippen LogP contribution in [0.4, 0.5) is 4.39 Å². The Kier molecular flexibility index (Phi) is 8.00. The van der Waals surface area contributed by atoms with E-state index in [4.69, 9.17) is 21.1 Å². The van der Waals surface area contributed by atoms with Gasteiger partial charge >= 0.3 is 11.8 Å². The second-order valence-corrected chi connectivity index (χ2v) is 6.87. The van der Waals surface area contributed by atoms with Gasteiger partial charge in [-0.2, -0.15) is 5.10 Å². The molecule has 2 aromatic rings. The molecule has 0 unspecified atom stereocenters. The van der Waals surface area contributed by atoms with Gasteiger partial charge in [0.15, 0.2) is 11.5 Å². The van der Waals surface area contributed by atoms with Crippen LogP contribution < -0.4 is 20.2 Å². The molecule has 0 aliphatic heterocycles. The topological polar surface area (TPSA) is 89.0 Å². The Morgan fingerprint density at radius 2 is 2.07 bits per heavy atom. The molecule has 28 heavy (non-hydrogen) atoms. The number of methoxy groups -OCH3 is 1. The third kappa shape index (κ3) is 5.55. The molecule has 2 N–H and O–H groups in total. The predicted octanol–water partition coefficient (Wildman–Crippen LogP) is 2.87. The normalized spacial score (nSPS) is 10.6. The lowest BCUT2D eigenvalue weighted by Crippen LogP contribution is -2.35. The van der Waals surface area contributed by atoms with Crippen molar-refractivity contribution in [2.45, 2.75) is 6.61 Å². The van der Waals surface area contributed by atoms with E-state index in [2.05, 4.69) is 15.8 Å². The lowest BCUT2D eigenvalue weighted by Gasteiger charge is -2.14. The van der Waals surface area contributed by atoms with Crippen molar-refractivity contribution in [2.75, 3.05) is 14.2 Å². The van der Waals surface area contributed by atoms with Gasteiger partial charge in [0.1, 0.15) is 12.4 Å². The van der Waals surface area contributed by atoms with Crippen molar-refractivity contribution in [3.8, 4) is 11.5 Å². The zero-order chi connectivity index (χ0) is 20.7. The van der Waals surface area contributed by atoms with Crippen LogP contribution in [-0.2, 0) is 16.2 Å². The Bertz CT molecular complexity index is 904. The van der Waals surface area contributed by atoms with E-state index in [9.17, 15) is 14.0 Å². The van der Waals surface area contributed by atoms with E-state index in [1.54, 1.807) is 18.2 Å². The summed E-state index contributed by atoms with van der Waals surface area (Å²) in [5, 5.41) is 6.17. The van der Waals surface area contributed by atoms with Crippen LogP contribution in [0.5, 0.6) is 11.5 Å². The largest absolute Gasteiger partial charge is 0.493 e. The molecular formula is C18H16ClFIN3O4. The first kappa shape index (κ1) is 21.9. The number of nitrogens with zero attached hydrogens (tertiary/aromatic N) is 1. The third-order valence-corrected chi connectivity index (χ3v) is 4.64. The maximum Gasteiger partial charge on any atom is 0.329 e. The van der Waals surface area contributed by atoms with Gasteiger partial charge < -0.3 is 14.8 Å². The molecule has 0 atom stereocenters. The summed E-state index contributed by atoms with van der Waals surface area (Å²) in [6, 6.07) is 7.74. The molecule has 0 aliphatic rings. The van der Waals surface area contributed by atoms with Gasteiger partial charge in [-0.25, -0.2) is 9.82 Å². The van der Waals surface area contributed by atoms with E-state index < -0.39 is 17.6 Å². The van der Waals surface area contributed by atoms with E-state index >= 15 is 0 Å². The second-order valence-electron chi connectivity index (χ2n) is 5.30. The first-order valence-electron chi connectivity index (χ1n) is 7.85. The average Bonchev–Trinajstić information content (AvgIpc) is 2.67. The number of hydrogen-bond donors (Lipinski definition) is 2. The summed E-state index contributed by atoms with van der Waals surface area (Å²) in [6.07, 6.45) is 1.35. The number of hydrogen-bond acceptors (Lipinski definition) is 5. The maximum absolute atomic E-state index is 13.9. The summed E-state index contributed by atoms with van der Waals surface area (Å²) in [5.41, 5.74) is 2.93. The fourth-order valence-electron chi connectivity index (χ4n) is 2.10. The Balaban J connectivity index is 2.17. The van der Waals surface area contributed by atoms with E-state index in [0.717, 1.165) is 0 Å². The highest BCUT2D eigenvalue weighted by Gasteiger charge is 2.14. The minimum absolute atomic E-state index is 0.0759. The number of hydrazone groups is 1. The zero-order valence-corrected chi connectivity index (χ0v) is 17.8. The first-order valence-corrected chi connectivity index (χ1v) is 9.31. The Hall–Kier alpha value is -2.40. The zero-order valence-electron chi connectivity index (χ0n) is 14.9. The highest BCUT2D eigenvalue weighted by atomic mass is 127. The number of ether oxygens (including phenoxy) is 2. The molecule has 0 spiro atoms. The minimum Gasteiger partial charge on any atom is -0.493 e. The Morgan fingerprint density at radius 1 is 1.32 bits per heavy atom. The second kappa shape index (κ2) is 10.2. The highest BCUT2D eigenvalue weighted by molar-refractivity contribution is 14.1. The molecule has 2 amide bonds. The highest BCUT2D eigenvalue weighted by Crippen LogP contribution is 2.34. The number of nitrogens with one attached hydrogen (secondary N) is 2. The molecule has 0 radical (unpaired) electrons. The van der Waals surface area contributed by atoms with Crippen LogP contribution in [0.25, 0.3) is 0 Å². The molecule has 0 fully saturated rings. The third-order valence-electron chi connectivity index (χ3n) is 3.49. The van der Waals surface area contributed by atoms with Crippen molar-refractivity contribution in [2.24, 2.45) is 5.10 Å². The van der Waals surface area contributed by atoms with E-state index in [0.29, 0.717) is 20.6 Å². The fraction of sp³-hybridized carbons (Fsp3) is 0.167. The van der Waals surface area contributed by atoms with Crippen molar-refractivity contribution >= 4 is 52.2 Å². The van der Waals surface area contributed by atoms with E-state index in [1.165, 1.54) is 32.5 Å². The van der Waals surface area contributed by atoms with Crippen molar-refractivity contribution in [3.63, 3.8) is 0 Å². The van der Waals surface area contributed by atoms with E-state index in [-0.39, 0.29) is 17.2 Å². The molecule has 0 saturated heterocycles. The van der Waals surface area contributed by atoms with Crippen LogP contribution in [0.1, 0.15) is 11.1 Å². The molecule has 0 heterocycles. The van der Waals surface area contributed by atoms with Gasteiger partial charge in [-0.3, -0.25) is 9.59 Å². The standard InChI is InChI=1S/C18H16ClFIN3O4/c1-22-17(25)18(26)24-23-8-10-6-14(21)16(15(7-10)27-2)28-9-11-12(19)4-3-5-13(11)20/h3-8H,9H2,1-2H3,(H,22,25)(H,24,26)/b23-8-. The summed E-state index contributed by atoms with van der Waals surface area (Å²) in [7, 11) is 2.80. The molecule has 10 heteroatoms. The van der Waals surface area contributed by atoms with Gasteiger partial charge in [-0.15, -0.1) is 0 Å². The van der Waals surface area contributed by atoms with Crippen molar-refractivity contribution < 1.29 is 23.5 Å². The van der Waals surface area contributed by atoms with Crippen LogP contribution >= 0.6 is 34.2 Å². The molecule has 0 bridgehead atoms. The molecule has 0 aromatic heterocycles. The van der Waals surface area contributed by atoms with Crippen LogP contribution in [0, 0.1) is 9.39 Å². The monoisotopic (exact) mass is 519 g/mol. The number of rotatable bonds is 6. The van der Waals surface area contributed by atoms with Gasteiger partial charge in [0.2, 0.25) is 0 Å². The van der Waals surface area contributed by atoms with E-state index in [1.807, 2.05) is 22.6 Å². The SMILES string of the molecule is CNC(=O)C(=O)N/N=C\c1cc(I)c(OCc2c(F)cccc2Cl)c(OC)c1. The van der Waals surface area contributed by atoms with Crippen LogP contribution in [0.3, 0.4) is 0 Å². The summed E-state index contributed by atoms with van der Waals surface area (Å²) >= 11 is 8.05. The number of halogens is 3. The van der Waals surface area contributed by atoms with Crippen molar-refractivity contribution in [1.29, 1.82) is 0 Å². The van der Waals surface area contributed by atoms with Crippen molar-refractivity contribution in [3.05, 3.63) is 55.9 Å². The smallest absolute Gasteiger partial charge is 0.329 e. The predicted molar refractivity (Wildman–Crippen MR) is 111 cm³/mol. The number of carbonyl (C=O) groups is 2. The quantitative estimate of drug-likeness (QED) is 0.266. The number of amides is 2. The summed E-state index contributed by atoms with van der Waals surface area (Å²) in [6.45, 7) is -0.0759. The molecular weight excluding hydrogens is 504 g/mol. The lowest BCUT2D eigenvalue weighted by molar-refractivity contribution is -0.138. The number of likely N-dealkylation sites (N-methyl/N-ethyl adjacent to an activating group) is 1. The van der Waals surface area contributed by atoms with Gasteiger partial charge in [0.05, 0.1) is 21.9 Å². The molecule has 0 aliphatic carbocycles. The lowest BCUT2D eigenvalue weighted by atomic mass is 10.2. The van der Waals surface area contributed by atoms with Crippen LogP contribution in [0.15, 0.2) is 35.4 Å². The van der Waals surface area contributed by atoms with Gasteiger partial charge in [-0.1, -0.05) is 17.7 Å². The minimum atomic E-state index is -0.887. The first-order chi connectivity index (χ1) is 13.4. The number of benzene rings is 2.